The molecule has 4 rings (SSSR count). The number of nitrogens with zero attached hydrogens (tertiary/aromatic N) is 3. The van der Waals surface area contributed by atoms with E-state index in [1.807, 2.05) is 0 Å². The van der Waals surface area contributed by atoms with Crippen molar-refractivity contribution in [1.82, 2.24) is 10.2 Å². The SMILES string of the molecule is CN(c1ccccc1)S(=O)(=O)c1ccc(C(=O)Nc2nnc(-c3ccc(Br)o3)o2)cc1. The van der Waals surface area contributed by atoms with E-state index >= 15 is 0 Å². The highest BCUT2D eigenvalue weighted by Gasteiger charge is 2.22. The first-order chi connectivity index (χ1) is 14.8. The number of anilines is 2. The molecule has 0 aliphatic rings. The Balaban J connectivity index is 1.48. The zero-order valence-electron chi connectivity index (χ0n) is 16.0. The van der Waals surface area contributed by atoms with Gasteiger partial charge in [-0.15, -0.1) is 5.10 Å². The molecular formula is C20H15BrN4O5S. The van der Waals surface area contributed by atoms with Gasteiger partial charge in [0.25, 0.3) is 21.8 Å². The smallest absolute Gasteiger partial charge is 0.322 e. The van der Waals surface area contributed by atoms with E-state index in [9.17, 15) is 13.2 Å². The molecule has 2 aromatic carbocycles. The zero-order chi connectivity index (χ0) is 22.0. The Bertz CT molecular complexity index is 1320. The minimum absolute atomic E-state index is 0.0545. The molecule has 0 aliphatic heterocycles. The van der Waals surface area contributed by atoms with Crippen LogP contribution >= 0.6 is 15.9 Å². The van der Waals surface area contributed by atoms with Gasteiger partial charge in [0.05, 0.1) is 10.6 Å². The summed E-state index contributed by atoms with van der Waals surface area (Å²) < 4.78 is 38.0. The average molecular weight is 503 g/mol. The minimum Gasteiger partial charge on any atom is -0.444 e. The van der Waals surface area contributed by atoms with Crippen molar-refractivity contribution in [3.05, 3.63) is 77.0 Å². The summed E-state index contributed by atoms with van der Waals surface area (Å²) in [5.41, 5.74) is 0.752. The molecule has 11 heteroatoms. The van der Waals surface area contributed by atoms with Gasteiger partial charge in [-0.3, -0.25) is 14.4 Å². The molecule has 31 heavy (non-hydrogen) atoms. The number of carbonyl (C=O) groups excluding carboxylic acids is 1. The van der Waals surface area contributed by atoms with E-state index in [1.54, 1.807) is 42.5 Å². The van der Waals surface area contributed by atoms with Crippen LogP contribution in [0.15, 0.2) is 85.1 Å². The Morgan fingerprint density at radius 1 is 0.968 bits per heavy atom. The van der Waals surface area contributed by atoms with E-state index in [-0.39, 0.29) is 22.4 Å². The molecule has 0 fully saturated rings. The normalized spacial score (nSPS) is 11.3. The number of furan rings is 1. The maximum Gasteiger partial charge on any atom is 0.322 e. The number of hydrogen-bond acceptors (Lipinski definition) is 7. The number of amides is 1. The van der Waals surface area contributed by atoms with Crippen molar-refractivity contribution in [2.75, 3.05) is 16.7 Å². The second kappa shape index (κ2) is 8.36. The second-order valence-corrected chi connectivity index (χ2v) is 9.05. The summed E-state index contributed by atoms with van der Waals surface area (Å²) in [6.45, 7) is 0. The van der Waals surface area contributed by atoms with Gasteiger partial charge >= 0.3 is 6.01 Å². The number of carbonyl (C=O) groups is 1. The van der Waals surface area contributed by atoms with Gasteiger partial charge < -0.3 is 8.83 Å². The van der Waals surface area contributed by atoms with Crippen molar-refractivity contribution >= 4 is 43.6 Å². The molecule has 0 aliphatic carbocycles. The Hall–Kier alpha value is -3.44. The van der Waals surface area contributed by atoms with Crippen LogP contribution in [0.1, 0.15) is 10.4 Å². The van der Waals surface area contributed by atoms with Gasteiger partial charge in [-0.2, -0.15) is 0 Å². The molecule has 2 heterocycles. The van der Waals surface area contributed by atoms with E-state index in [2.05, 4.69) is 31.4 Å². The third-order valence-electron chi connectivity index (χ3n) is 4.32. The lowest BCUT2D eigenvalue weighted by molar-refractivity contribution is 0.102. The molecule has 1 amide bonds. The van der Waals surface area contributed by atoms with Crippen LogP contribution in [0.3, 0.4) is 0 Å². The maximum atomic E-state index is 12.8. The first-order valence-corrected chi connectivity index (χ1v) is 11.1. The number of nitrogens with one attached hydrogen (secondary N) is 1. The van der Waals surface area contributed by atoms with E-state index < -0.39 is 15.9 Å². The molecule has 2 aromatic heterocycles. The van der Waals surface area contributed by atoms with Crippen LogP contribution in [0.2, 0.25) is 0 Å². The highest BCUT2D eigenvalue weighted by molar-refractivity contribution is 9.10. The molecule has 0 spiro atoms. The van der Waals surface area contributed by atoms with Crippen molar-refractivity contribution in [3.8, 4) is 11.7 Å². The van der Waals surface area contributed by atoms with Crippen LogP contribution in [0.5, 0.6) is 0 Å². The summed E-state index contributed by atoms with van der Waals surface area (Å²) in [5, 5.41) is 10.0. The molecular weight excluding hydrogens is 488 g/mol. The second-order valence-electron chi connectivity index (χ2n) is 6.30. The first kappa shape index (κ1) is 20.8. The average Bonchev–Trinajstić information content (AvgIpc) is 3.42. The van der Waals surface area contributed by atoms with Crippen molar-refractivity contribution < 1.29 is 22.0 Å². The van der Waals surface area contributed by atoms with Crippen molar-refractivity contribution in [3.63, 3.8) is 0 Å². The highest BCUT2D eigenvalue weighted by atomic mass is 79.9. The summed E-state index contributed by atoms with van der Waals surface area (Å²) in [5.74, 6) is -0.0838. The van der Waals surface area contributed by atoms with Crippen molar-refractivity contribution in [1.29, 1.82) is 0 Å². The first-order valence-electron chi connectivity index (χ1n) is 8.89. The van der Waals surface area contributed by atoms with Crippen LogP contribution in [0.4, 0.5) is 11.7 Å². The lowest BCUT2D eigenvalue weighted by atomic mass is 10.2. The van der Waals surface area contributed by atoms with Crippen molar-refractivity contribution in [2.45, 2.75) is 4.90 Å². The monoisotopic (exact) mass is 502 g/mol. The fourth-order valence-electron chi connectivity index (χ4n) is 2.68. The Kier molecular flexibility index (Phi) is 5.61. The molecule has 0 atom stereocenters. The highest BCUT2D eigenvalue weighted by Crippen LogP contribution is 2.25. The van der Waals surface area contributed by atoms with Crippen LogP contribution in [-0.4, -0.2) is 31.6 Å². The molecule has 158 valence electrons. The molecule has 4 aromatic rings. The molecule has 0 bridgehead atoms. The van der Waals surface area contributed by atoms with Gasteiger partial charge in [-0.05, 0) is 64.5 Å². The third kappa shape index (κ3) is 4.37. The van der Waals surface area contributed by atoms with Gasteiger partial charge in [0.2, 0.25) is 0 Å². The molecule has 1 N–H and O–H groups in total. The number of halogens is 1. The quantitative estimate of drug-likeness (QED) is 0.420. The minimum atomic E-state index is -3.77. The molecule has 9 nitrogen and oxygen atoms in total. The summed E-state index contributed by atoms with van der Waals surface area (Å²) in [7, 11) is -2.30. The number of aromatic nitrogens is 2. The van der Waals surface area contributed by atoms with E-state index in [0.717, 1.165) is 0 Å². The topological polar surface area (TPSA) is 119 Å². The number of sulfonamides is 1. The maximum absolute atomic E-state index is 12.8. The summed E-state index contributed by atoms with van der Waals surface area (Å²) in [6, 6.07) is 17.4. The fraction of sp³-hybridized carbons (Fsp3) is 0.0500. The van der Waals surface area contributed by atoms with Crippen LogP contribution in [0.25, 0.3) is 11.7 Å². The number of para-hydroxylation sites is 1. The Morgan fingerprint density at radius 3 is 2.32 bits per heavy atom. The standard InChI is InChI=1S/C20H15BrN4O5S/c1-25(14-5-3-2-4-6-14)31(27,28)15-9-7-13(8-10-15)18(26)22-20-24-23-19(30-20)16-11-12-17(21)29-16/h2-12H,1H3,(H,22,24,26). The van der Waals surface area contributed by atoms with E-state index in [0.29, 0.717) is 16.1 Å². The van der Waals surface area contributed by atoms with E-state index in [1.165, 1.54) is 35.6 Å². The van der Waals surface area contributed by atoms with Gasteiger partial charge in [-0.1, -0.05) is 23.3 Å². The van der Waals surface area contributed by atoms with Gasteiger partial charge in [-0.25, -0.2) is 8.42 Å². The fourth-order valence-corrected chi connectivity index (χ4v) is 4.19. The predicted molar refractivity (Wildman–Crippen MR) is 116 cm³/mol. The molecule has 0 saturated carbocycles. The van der Waals surface area contributed by atoms with Gasteiger partial charge in [0, 0.05) is 12.6 Å². The number of benzene rings is 2. The molecule has 0 unspecified atom stereocenters. The number of rotatable bonds is 6. The van der Waals surface area contributed by atoms with Gasteiger partial charge in [0.15, 0.2) is 10.4 Å². The summed E-state index contributed by atoms with van der Waals surface area (Å²) >= 11 is 3.18. The lowest BCUT2D eigenvalue weighted by Gasteiger charge is -2.19. The van der Waals surface area contributed by atoms with E-state index in [4.69, 9.17) is 8.83 Å². The van der Waals surface area contributed by atoms with Crippen LogP contribution < -0.4 is 9.62 Å². The Labute approximate surface area is 185 Å². The largest absolute Gasteiger partial charge is 0.444 e. The third-order valence-corrected chi connectivity index (χ3v) is 6.55. The summed E-state index contributed by atoms with van der Waals surface area (Å²) in [4.78, 5) is 12.5. The number of hydrogen-bond donors (Lipinski definition) is 1. The molecule has 0 saturated heterocycles. The summed E-state index contributed by atoms with van der Waals surface area (Å²) in [6.07, 6.45) is 0. The van der Waals surface area contributed by atoms with Crippen LogP contribution in [0, 0.1) is 0 Å². The Morgan fingerprint density at radius 2 is 1.68 bits per heavy atom. The van der Waals surface area contributed by atoms with Crippen molar-refractivity contribution in [2.24, 2.45) is 0 Å². The molecule has 0 radical (unpaired) electrons. The lowest BCUT2D eigenvalue weighted by Crippen LogP contribution is -2.26. The van der Waals surface area contributed by atoms with Gasteiger partial charge in [0.1, 0.15) is 0 Å². The predicted octanol–water partition coefficient (Wildman–Crippen LogP) is 4.17. The zero-order valence-corrected chi connectivity index (χ0v) is 18.4. The van der Waals surface area contributed by atoms with Crippen LogP contribution in [-0.2, 0) is 10.0 Å².